The Morgan fingerprint density at radius 3 is 2.11 bits per heavy atom. The van der Waals surface area contributed by atoms with Crippen LogP contribution in [0.4, 0.5) is 0 Å². The first-order chi connectivity index (χ1) is 8.83. The van der Waals surface area contributed by atoms with Crippen LogP contribution in [0.25, 0.3) is 0 Å². The van der Waals surface area contributed by atoms with Crippen LogP contribution < -0.4 is 5.73 Å². The zero-order valence-electron chi connectivity index (χ0n) is 12.3. The molecule has 0 radical (unpaired) electrons. The number of nitrogens with zero attached hydrogens (tertiary/aromatic N) is 1. The van der Waals surface area contributed by atoms with Gasteiger partial charge in [0.25, 0.3) is 5.91 Å². The molecule has 104 valence electrons. The summed E-state index contributed by atoms with van der Waals surface area (Å²) in [6.45, 7) is 9.85. The topological polar surface area (TPSA) is 46.3 Å². The van der Waals surface area contributed by atoms with E-state index in [9.17, 15) is 4.79 Å². The fourth-order valence-electron chi connectivity index (χ4n) is 2.37. The Labute approximate surface area is 115 Å². The molecule has 1 heterocycles. The second-order valence-electron chi connectivity index (χ2n) is 6.33. The Morgan fingerprint density at radius 1 is 1.16 bits per heavy atom. The zero-order chi connectivity index (χ0) is 14.2. The van der Waals surface area contributed by atoms with E-state index in [-0.39, 0.29) is 11.4 Å². The predicted molar refractivity (Wildman–Crippen MR) is 78.2 cm³/mol. The summed E-state index contributed by atoms with van der Waals surface area (Å²) < 4.78 is 0. The fraction of sp³-hybridized carbons (Fsp3) is 0.562. The molecule has 0 aromatic heterocycles. The lowest BCUT2D eigenvalue weighted by Crippen LogP contribution is -2.71. The second-order valence-corrected chi connectivity index (χ2v) is 6.33. The molecule has 3 nitrogen and oxygen atoms in total. The van der Waals surface area contributed by atoms with Crippen molar-refractivity contribution in [1.29, 1.82) is 0 Å². The molecule has 0 atom stereocenters. The summed E-state index contributed by atoms with van der Waals surface area (Å²) in [6.07, 6.45) is 0. The highest BCUT2D eigenvalue weighted by Gasteiger charge is 2.44. The summed E-state index contributed by atoms with van der Waals surface area (Å²) in [7, 11) is 0. The van der Waals surface area contributed by atoms with E-state index in [0.717, 1.165) is 5.56 Å². The van der Waals surface area contributed by atoms with E-state index in [0.29, 0.717) is 24.9 Å². The average molecular weight is 260 g/mol. The Bertz CT molecular complexity index is 456. The third-order valence-corrected chi connectivity index (χ3v) is 4.23. The van der Waals surface area contributed by atoms with Gasteiger partial charge in [-0.15, -0.1) is 0 Å². The Morgan fingerprint density at radius 2 is 1.68 bits per heavy atom. The number of nitrogens with two attached hydrogens (primary N) is 1. The highest BCUT2D eigenvalue weighted by atomic mass is 16.2. The summed E-state index contributed by atoms with van der Waals surface area (Å²) in [5.74, 6) is 0.989. The van der Waals surface area contributed by atoms with Gasteiger partial charge in [0.1, 0.15) is 0 Å². The first kappa shape index (κ1) is 14.1. The predicted octanol–water partition coefficient (Wildman–Crippen LogP) is 2.62. The van der Waals surface area contributed by atoms with Crippen LogP contribution in [0.5, 0.6) is 0 Å². The SMILES string of the molecule is CC(C)c1ccc(C(=O)N2CC(N)(C(C)C)C2)cc1. The molecular weight excluding hydrogens is 236 g/mol. The minimum atomic E-state index is -0.201. The van der Waals surface area contributed by atoms with Gasteiger partial charge in [0.2, 0.25) is 0 Å². The summed E-state index contributed by atoms with van der Waals surface area (Å²) >= 11 is 0. The van der Waals surface area contributed by atoms with Crippen molar-refractivity contribution < 1.29 is 4.79 Å². The molecule has 1 aliphatic heterocycles. The third-order valence-electron chi connectivity index (χ3n) is 4.23. The fourth-order valence-corrected chi connectivity index (χ4v) is 2.37. The Balaban J connectivity index is 2.02. The molecule has 1 aromatic rings. The van der Waals surface area contributed by atoms with Gasteiger partial charge in [0.05, 0.1) is 5.54 Å². The number of likely N-dealkylation sites (tertiary alicyclic amines) is 1. The molecule has 0 bridgehead atoms. The number of benzene rings is 1. The van der Waals surface area contributed by atoms with Gasteiger partial charge in [-0.3, -0.25) is 4.79 Å². The largest absolute Gasteiger partial charge is 0.335 e. The van der Waals surface area contributed by atoms with Gasteiger partial charge in [-0.25, -0.2) is 0 Å². The number of rotatable bonds is 3. The average Bonchev–Trinajstić information content (AvgIpc) is 2.34. The zero-order valence-corrected chi connectivity index (χ0v) is 12.3. The molecule has 3 heteroatoms. The smallest absolute Gasteiger partial charge is 0.253 e. The molecule has 19 heavy (non-hydrogen) atoms. The summed E-state index contributed by atoms with van der Waals surface area (Å²) in [5.41, 5.74) is 8.04. The van der Waals surface area contributed by atoms with Crippen LogP contribution >= 0.6 is 0 Å². The van der Waals surface area contributed by atoms with Gasteiger partial charge in [-0.05, 0) is 29.5 Å². The molecule has 0 unspecified atom stereocenters. The lowest BCUT2D eigenvalue weighted by Gasteiger charge is -2.50. The molecule has 1 aliphatic rings. The van der Waals surface area contributed by atoms with Crippen molar-refractivity contribution >= 4 is 5.91 Å². The second kappa shape index (κ2) is 4.97. The lowest BCUT2D eigenvalue weighted by molar-refractivity contribution is 0.0275. The number of carbonyl (C=O) groups excluding carboxylic acids is 1. The molecule has 1 fully saturated rings. The number of hydrogen-bond donors (Lipinski definition) is 1. The van der Waals surface area contributed by atoms with Crippen molar-refractivity contribution in [2.75, 3.05) is 13.1 Å². The molecule has 2 rings (SSSR count). The maximum atomic E-state index is 12.3. The Hall–Kier alpha value is -1.35. The standard InChI is InChI=1S/C16H24N2O/c1-11(2)13-5-7-14(8-6-13)15(19)18-9-16(17,10-18)12(3)4/h5-8,11-12H,9-10,17H2,1-4H3. The number of amides is 1. The van der Waals surface area contributed by atoms with Crippen LogP contribution in [0.1, 0.15) is 49.5 Å². The van der Waals surface area contributed by atoms with Gasteiger partial charge in [-0.1, -0.05) is 39.8 Å². The molecule has 1 aromatic carbocycles. The van der Waals surface area contributed by atoms with E-state index in [2.05, 4.69) is 27.7 Å². The van der Waals surface area contributed by atoms with Crippen LogP contribution in [-0.4, -0.2) is 29.4 Å². The van der Waals surface area contributed by atoms with Gasteiger partial charge < -0.3 is 10.6 Å². The van der Waals surface area contributed by atoms with Crippen molar-refractivity contribution in [3.63, 3.8) is 0 Å². The maximum Gasteiger partial charge on any atom is 0.253 e. The van der Waals surface area contributed by atoms with Gasteiger partial charge >= 0.3 is 0 Å². The maximum absolute atomic E-state index is 12.3. The quantitative estimate of drug-likeness (QED) is 0.908. The van der Waals surface area contributed by atoms with Gasteiger partial charge in [0.15, 0.2) is 0 Å². The van der Waals surface area contributed by atoms with Gasteiger partial charge in [-0.2, -0.15) is 0 Å². The van der Waals surface area contributed by atoms with Gasteiger partial charge in [0, 0.05) is 18.7 Å². The minimum absolute atomic E-state index is 0.0945. The van der Waals surface area contributed by atoms with Crippen molar-refractivity contribution in [3.8, 4) is 0 Å². The molecule has 2 N–H and O–H groups in total. The van der Waals surface area contributed by atoms with Crippen LogP contribution in [0.2, 0.25) is 0 Å². The first-order valence-electron chi connectivity index (χ1n) is 7.01. The molecular formula is C16H24N2O. The molecule has 1 saturated heterocycles. The van der Waals surface area contributed by atoms with E-state index < -0.39 is 0 Å². The number of carbonyl (C=O) groups is 1. The highest BCUT2D eigenvalue weighted by molar-refractivity contribution is 5.95. The van der Waals surface area contributed by atoms with E-state index in [1.807, 2.05) is 29.2 Å². The van der Waals surface area contributed by atoms with E-state index >= 15 is 0 Å². The molecule has 1 amide bonds. The van der Waals surface area contributed by atoms with Crippen LogP contribution in [0, 0.1) is 5.92 Å². The first-order valence-corrected chi connectivity index (χ1v) is 7.01. The van der Waals surface area contributed by atoms with Crippen molar-refractivity contribution in [3.05, 3.63) is 35.4 Å². The molecule has 0 spiro atoms. The molecule has 0 saturated carbocycles. The Kier molecular flexibility index (Phi) is 3.68. The van der Waals surface area contributed by atoms with E-state index in [4.69, 9.17) is 5.73 Å². The van der Waals surface area contributed by atoms with Crippen LogP contribution in [0.15, 0.2) is 24.3 Å². The molecule has 0 aliphatic carbocycles. The van der Waals surface area contributed by atoms with Crippen LogP contribution in [0.3, 0.4) is 0 Å². The summed E-state index contributed by atoms with van der Waals surface area (Å²) in [5, 5.41) is 0. The lowest BCUT2D eigenvalue weighted by atomic mass is 9.80. The monoisotopic (exact) mass is 260 g/mol. The van der Waals surface area contributed by atoms with E-state index in [1.54, 1.807) is 0 Å². The van der Waals surface area contributed by atoms with E-state index in [1.165, 1.54) is 5.56 Å². The van der Waals surface area contributed by atoms with Crippen molar-refractivity contribution in [2.45, 2.75) is 39.2 Å². The number of hydrogen-bond acceptors (Lipinski definition) is 2. The normalized spacial score (nSPS) is 17.7. The summed E-state index contributed by atoms with van der Waals surface area (Å²) in [6, 6.07) is 7.92. The minimum Gasteiger partial charge on any atom is -0.335 e. The highest BCUT2D eigenvalue weighted by Crippen LogP contribution is 2.27. The van der Waals surface area contributed by atoms with Crippen molar-refractivity contribution in [2.24, 2.45) is 11.7 Å². The van der Waals surface area contributed by atoms with Crippen LogP contribution in [-0.2, 0) is 0 Å². The summed E-state index contributed by atoms with van der Waals surface area (Å²) in [4.78, 5) is 14.1. The van der Waals surface area contributed by atoms with Crippen molar-refractivity contribution in [1.82, 2.24) is 4.90 Å². The third kappa shape index (κ3) is 2.66.